The first-order valence-corrected chi connectivity index (χ1v) is 10.7. The van der Waals surface area contributed by atoms with Crippen LogP contribution >= 0.6 is 0 Å². The predicted octanol–water partition coefficient (Wildman–Crippen LogP) is 7.05. The highest BCUT2D eigenvalue weighted by atomic mass is 16.1. The van der Waals surface area contributed by atoms with Crippen molar-refractivity contribution >= 4 is 5.78 Å². The van der Waals surface area contributed by atoms with Crippen molar-refractivity contribution in [2.45, 2.75) is 86.5 Å². The topological polar surface area (TPSA) is 17.1 Å². The molecule has 0 saturated heterocycles. The fraction of sp³-hybridized carbons (Fsp3) is 0.720. The molecule has 0 radical (unpaired) electrons. The van der Waals surface area contributed by atoms with E-state index in [2.05, 4.69) is 65.8 Å². The monoisotopic (exact) mass is 354 g/mol. The molecule has 26 heavy (non-hydrogen) atoms. The van der Waals surface area contributed by atoms with Gasteiger partial charge < -0.3 is 0 Å². The number of carbonyl (C=O) groups excluding carboxylic acids is 1. The van der Waals surface area contributed by atoms with E-state index in [1.165, 1.54) is 38.5 Å². The van der Waals surface area contributed by atoms with Gasteiger partial charge in [-0.3, -0.25) is 4.79 Å². The van der Waals surface area contributed by atoms with Gasteiger partial charge in [0.05, 0.1) is 0 Å². The van der Waals surface area contributed by atoms with Crippen molar-refractivity contribution in [2.24, 2.45) is 28.1 Å². The largest absolute Gasteiger partial charge is 0.289 e. The molecular formula is C25H38O. The molecule has 1 saturated carbocycles. The van der Waals surface area contributed by atoms with Gasteiger partial charge in [-0.15, -0.1) is 0 Å². The van der Waals surface area contributed by atoms with Crippen LogP contribution in [0.4, 0.5) is 0 Å². The average Bonchev–Trinajstić information content (AvgIpc) is 2.56. The summed E-state index contributed by atoms with van der Waals surface area (Å²) < 4.78 is 0. The van der Waals surface area contributed by atoms with Crippen LogP contribution in [0.5, 0.6) is 0 Å². The summed E-state index contributed by atoms with van der Waals surface area (Å²) >= 11 is 0. The third-order valence-electron chi connectivity index (χ3n) is 6.72. The van der Waals surface area contributed by atoms with Crippen LogP contribution in [0.3, 0.4) is 0 Å². The highest BCUT2D eigenvalue weighted by molar-refractivity contribution is 6.11. The molecule has 1 unspecified atom stereocenters. The number of ketones is 1. The van der Waals surface area contributed by atoms with Gasteiger partial charge in [-0.2, -0.15) is 0 Å². The molecule has 3 aliphatic rings. The first-order chi connectivity index (χ1) is 12.0. The van der Waals surface area contributed by atoms with Crippen LogP contribution in [0.1, 0.15) is 86.5 Å². The second-order valence-corrected chi connectivity index (χ2v) is 11.1. The Hall–Kier alpha value is -1.11. The van der Waals surface area contributed by atoms with Crippen LogP contribution in [0.25, 0.3) is 0 Å². The standard InChI is InChI=1S/C25H38O/c1-23(2,3)20-16-25(17-21(22(20)26)24(4,5)6)14-10-13-19(15-25)18-11-8-7-9-12-18/h10,13,16-19H,7-9,11-12,14-15H2,1-6H3. The quantitative estimate of drug-likeness (QED) is 0.461. The highest BCUT2D eigenvalue weighted by Gasteiger charge is 2.43. The van der Waals surface area contributed by atoms with Crippen molar-refractivity contribution < 1.29 is 4.79 Å². The van der Waals surface area contributed by atoms with Gasteiger partial charge in [-0.05, 0) is 48.3 Å². The van der Waals surface area contributed by atoms with E-state index in [1.807, 2.05) is 0 Å². The molecule has 3 rings (SSSR count). The van der Waals surface area contributed by atoms with E-state index in [4.69, 9.17) is 0 Å². The normalized spacial score (nSPS) is 27.5. The number of carbonyl (C=O) groups is 1. The lowest BCUT2D eigenvalue weighted by Crippen LogP contribution is -2.36. The first kappa shape index (κ1) is 19.6. The Kier molecular flexibility index (Phi) is 5.14. The molecule has 1 atom stereocenters. The van der Waals surface area contributed by atoms with Gasteiger partial charge in [0.2, 0.25) is 0 Å². The molecule has 3 aliphatic carbocycles. The first-order valence-electron chi connectivity index (χ1n) is 10.7. The van der Waals surface area contributed by atoms with Crippen molar-refractivity contribution in [1.82, 2.24) is 0 Å². The van der Waals surface area contributed by atoms with Crippen molar-refractivity contribution in [1.29, 1.82) is 0 Å². The SMILES string of the molecule is CC(C)(C)C1=CC2(C=C(C(C)(C)C)C1=O)CC=CC(C1CCCCC1)C2. The minimum absolute atomic E-state index is 0.0377. The summed E-state index contributed by atoms with van der Waals surface area (Å²) in [5, 5.41) is 0. The molecule has 144 valence electrons. The zero-order valence-corrected chi connectivity index (χ0v) is 17.8. The summed E-state index contributed by atoms with van der Waals surface area (Å²) in [5.41, 5.74) is 1.90. The van der Waals surface area contributed by atoms with E-state index in [1.54, 1.807) is 0 Å². The Morgan fingerprint density at radius 3 is 1.92 bits per heavy atom. The molecule has 0 N–H and O–H groups in total. The zero-order valence-electron chi connectivity index (χ0n) is 17.8. The summed E-state index contributed by atoms with van der Waals surface area (Å²) in [6.07, 6.45) is 18.8. The number of hydrogen-bond acceptors (Lipinski definition) is 1. The van der Waals surface area contributed by atoms with Gasteiger partial charge in [-0.25, -0.2) is 0 Å². The summed E-state index contributed by atoms with van der Waals surface area (Å²) in [6, 6.07) is 0. The van der Waals surface area contributed by atoms with Gasteiger partial charge >= 0.3 is 0 Å². The molecule has 0 heterocycles. The van der Waals surface area contributed by atoms with Crippen LogP contribution in [0.15, 0.2) is 35.5 Å². The summed E-state index contributed by atoms with van der Waals surface area (Å²) in [5.74, 6) is 1.79. The minimum Gasteiger partial charge on any atom is -0.289 e. The summed E-state index contributed by atoms with van der Waals surface area (Å²) in [6.45, 7) is 13.1. The van der Waals surface area contributed by atoms with Crippen LogP contribution < -0.4 is 0 Å². The molecule has 0 aromatic heterocycles. The van der Waals surface area contributed by atoms with Gasteiger partial charge in [0, 0.05) is 16.6 Å². The maximum atomic E-state index is 13.3. The molecule has 1 spiro atoms. The van der Waals surface area contributed by atoms with E-state index >= 15 is 0 Å². The highest BCUT2D eigenvalue weighted by Crippen LogP contribution is 2.51. The fourth-order valence-corrected chi connectivity index (χ4v) is 5.18. The van der Waals surface area contributed by atoms with E-state index in [9.17, 15) is 4.79 Å². The van der Waals surface area contributed by atoms with Crippen molar-refractivity contribution in [2.75, 3.05) is 0 Å². The maximum Gasteiger partial charge on any atom is 0.185 e. The molecule has 0 aromatic rings. The molecule has 0 bridgehead atoms. The van der Waals surface area contributed by atoms with Crippen LogP contribution in [-0.2, 0) is 4.79 Å². The van der Waals surface area contributed by atoms with Gasteiger partial charge in [0.15, 0.2) is 5.78 Å². The Morgan fingerprint density at radius 2 is 1.42 bits per heavy atom. The fourth-order valence-electron chi connectivity index (χ4n) is 5.18. The molecule has 0 aromatic carbocycles. The number of hydrogen-bond donors (Lipinski definition) is 0. The van der Waals surface area contributed by atoms with E-state index < -0.39 is 0 Å². The smallest absolute Gasteiger partial charge is 0.185 e. The molecule has 1 fully saturated rings. The summed E-state index contributed by atoms with van der Waals surface area (Å²) in [7, 11) is 0. The maximum absolute atomic E-state index is 13.3. The number of rotatable bonds is 1. The van der Waals surface area contributed by atoms with E-state index in [0.717, 1.165) is 23.5 Å². The minimum atomic E-state index is -0.101. The lowest BCUT2D eigenvalue weighted by atomic mass is 9.60. The van der Waals surface area contributed by atoms with Crippen molar-refractivity contribution in [3.05, 3.63) is 35.5 Å². The lowest BCUT2D eigenvalue weighted by molar-refractivity contribution is -0.114. The molecular weight excluding hydrogens is 316 g/mol. The third-order valence-corrected chi connectivity index (χ3v) is 6.72. The van der Waals surface area contributed by atoms with Crippen molar-refractivity contribution in [3.63, 3.8) is 0 Å². The zero-order chi connectivity index (χ0) is 19.2. The van der Waals surface area contributed by atoms with E-state index in [0.29, 0.717) is 5.92 Å². The average molecular weight is 355 g/mol. The van der Waals surface area contributed by atoms with Gasteiger partial charge in [-0.1, -0.05) is 85.1 Å². The van der Waals surface area contributed by atoms with Crippen LogP contribution in [0, 0.1) is 28.1 Å². The van der Waals surface area contributed by atoms with Crippen LogP contribution in [0.2, 0.25) is 0 Å². The predicted molar refractivity (Wildman–Crippen MR) is 111 cm³/mol. The number of allylic oxidation sites excluding steroid dienone is 6. The summed E-state index contributed by atoms with van der Waals surface area (Å²) in [4.78, 5) is 13.3. The van der Waals surface area contributed by atoms with Crippen LogP contribution in [-0.4, -0.2) is 5.78 Å². The third kappa shape index (κ3) is 3.92. The molecule has 0 amide bonds. The second kappa shape index (κ2) is 6.80. The second-order valence-electron chi connectivity index (χ2n) is 11.1. The van der Waals surface area contributed by atoms with Gasteiger partial charge in [0.25, 0.3) is 0 Å². The van der Waals surface area contributed by atoms with Crippen molar-refractivity contribution in [3.8, 4) is 0 Å². The Balaban J connectivity index is 1.99. The number of Topliss-reactive ketones (excluding diaryl/α,β-unsaturated/α-hetero) is 1. The lowest BCUT2D eigenvalue weighted by Gasteiger charge is -2.43. The molecule has 0 aliphatic heterocycles. The van der Waals surface area contributed by atoms with E-state index in [-0.39, 0.29) is 22.0 Å². The van der Waals surface area contributed by atoms with Gasteiger partial charge in [0.1, 0.15) is 0 Å². The Bertz CT molecular complexity index is 605. The molecule has 1 nitrogen and oxygen atoms in total. The molecule has 1 heteroatoms. The Labute approximate surface area is 161 Å². The Morgan fingerprint density at radius 1 is 0.885 bits per heavy atom.